The molecule has 1 aliphatic rings. The summed E-state index contributed by atoms with van der Waals surface area (Å²) in [4.78, 5) is 28.4. The second kappa shape index (κ2) is 13.1. The number of fused-ring (bicyclic) bond motifs is 1. The Hall–Kier alpha value is -3.94. The van der Waals surface area contributed by atoms with Gasteiger partial charge in [0.1, 0.15) is 17.5 Å². The van der Waals surface area contributed by atoms with E-state index in [1.165, 1.54) is 6.92 Å². The highest BCUT2D eigenvalue weighted by Gasteiger charge is 2.32. The van der Waals surface area contributed by atoms with Gasteiger partial charge in [-0.1, -0.05) is 24.2 Å². The van der Waals surface area contributed by atoms with Gasteiger partial charge in [-0.2, -0.15) is 0 Å². The lowest BCUT2D eigenvalue weighted by Crippen LogP contribution is -2.47. The largest absolute Gasteiger partial charge is 0.488 e. The number of carboxylic acid groups (broad SMARTS) is 1. The number of anilines is 1. The van der Waals surface area contributed by atoms with Crippen LogP contribution in [0.4, 0.5) is 5.69 Å². The van der Waals surface area contributed by atoms with Gasteiger partial charge in [0.2, 0.25) is 5.91 Å². The summed E-state index contributed by atoms with van der Waals surface area (Å²) < 4.78 is 40.4. The van der Waals surface area contributed by atoms with Crippen LogP contribution in [-0.2, 0) is 27.8 Å². The number of aliphatic hydroxyl groups is 1. The molecule has 0 fully saturated rings. The first-order valence-electron chi connectivity index (χ1n) is 14.0. The van der Waals surface area contributed by atoms with Crippen molar-refractivity contribution in [3.63, 3.8) is 0 Å². The fraction of sp³-hybridized carbons (Fsp3) is 0.433. The summed E-state index contributed by atoms with van der Waals surface area (Å²) >= 11 is 0. The molecule has 1 aromatic heterocycles. The number of ether oxygens (including phenoxy) is 1. The van der Waals surface area contributed by atoms with E-state index in [-0.39, 0.29) is 58.6 Å². The third-order valence-electron chi connectivity index (χ3n) is 7.55. The molecule has 13 heteroatoms. The lowest BCUT2D eigenvalue weighted by atomic mass is 10.0. The fourth-order valence-electron chi connectivity index (χ4n) is 5.21. The summed E-state index contributed by atoms with van der Waals surface area (Å²) in [7, 11) is -2.08. The first kappa shape index (κ1) is 32.0. The summed E-state index contributed by atoms with van der Waals surface area (Å²) in [5, 5.41) is 22.8. The van der Waals surface area contributed by atoms with E-state index < -0.39 is 22.0 Å². The van der Waals surface area contributed by atoms with Crippen LogP contribution in [0.1, 0.15) is 46.8 Å². The SMILES string of the molecule is Cc1noc(C)c1S(=O)(=O)Nc1ccc2c(c1)CC(=O)N([C@@H](C)CO)C[C@@H](C)[C@H](CN(C)Cc1ccc(C(=O)O)cc1)O2. The van der Waals surface area contributed by atoms with Crippen molar-refractivity contribution in [2.45, 2.75) is 57.7 Å². The van der Waals surface area contributed by atoms with Gasteiger partial charge in [-0.05, 0) is 63.7 Å². The number of aromatic nitrogens is 1. The Balaban J connectivity index is 1.62. The zero-order valence-electron chi connectivity index (χ0n) is 24.9. The number of benzene rings is 2. The number of rotatable bonds is 10. The minimum absolute atomic E-state index is 0.0409. The maximum absolute atomic E-state index is 13.5. The maximum Gasteiger partial charge on any atom is 0.335 e. The van der Waals surface area contributed by atoms with E-state index >= 15 is 0 Å². The van der Waals surface area contributed by atoms with Gasteiger partial charge in [0.25, 0.3) is 10.0 Å². The van der Waals surface area contributed by atoms with Crippen molar-refractivity contribution >= 4 is 27.6 Å². The van der Waals surface area contributed by atoms with Crippen LogP contribution < -0.4 is 9.46 Å². The molecule has 3 atom stereocenters. The van der Waals surface area contributed by atoms with E-state index in [1.54, 1.807) is 61.2 Å². The van der Waals surface area contributed by atoms with Crippen LogP contribution in [0.25, 0.3) is 0 Å². The average Bonchev–Trinajstić information content (AvgIpc) is 3.31. The number of nitrogens with one attached hydrogen (secondary N) is 1. The van der Waals surface area contributed by atoms with Gasteiger partial charge >= 0.3 is 5.97 Å². The Labute approximate surface area is 251 Å². The molecule has 0 aliphatic carbocycles. The third kappa shape index (κ3) is 7.53. The van der Waals surface area contributed by atoms with Crippen molar-refractivity contribution in [1.29, 1.82) is 0 Å². The summed E-state index contributed by atoms with van der Waals surface area (Å²) in [5.74, 6) is -0.695. The van der Waals surface area contributed by atoms with Crippen LogP contribution in [0.2, 0.25) is 0 Å². The maximum atomic E-state index is 13.5. The molecule has 0 saturated heterocycles. The number of carboxylic acids is 1. The number of aliphatic hydroxyl groups excluding tert-OH is 1. The van der Waals surface area contributed by atoms with Crippen molar-refractivity contribution in [1.82, 2.24) is 15.0 Å². The Morgan fingerprint density at radius 1 is 1.21 bits per heavy atom. The zero-order valence-corrected chi connectivity index (χ0v) is 25.7. The quantitative estimate of drug-likeness (QED) is 0.309. The second-order valence-corrected chi connectivity index (χ2v) is 12.8. The van der Waals surface area contributed by atoms with Gasteiger partial charge in [0.15, 0.2) is 10.7 Å². The number of aromatic carboxylic acids is 1. The summed E-state index contributed by atoms with van der Waals surface area (Å²) in [6.07, 6.45) is -0.419. The number of carbonyl (C=O) groups excluding carboxylic acids is 1. The van der Waals surface area contributed by atoms with E-state index in [9.17, 15) is 28.2 Å². The highest BCUT2D eigenvalue weighted by molar-refractivity contribution is 7.92. The predicted molar refractivity (Wildman–Crippen MR) is 159 cm³/mol. The smallest absolute Gasteiger partial charge is 0.335 e. The van der Waals surface area contributed by atoms with Crippen molar-refractivity contribution in [2.75, 3.05) is 31.5 Å². The summed E-state index contributed by atoms with van der Waals surface area (Å²) in [6, 6.07) is 11.1. The molecule has 0 radical (unpaired) electrons. The molecule has 232 valence electrons. The van der Waals surface area contributed by atoms with Crippen LogP contribution in [0.3, 0.4) is 0 Å². The third-order valence-corrected chi connectivity index (χ3v) is 9.18. The lowest BCUT2D eigenvalue weighted by Gasteiger charge is -2.34. The monoisotopic (exact) mass is 614 g/mol. The number of hydrogen-bond donors (Lipinski definition) is 3. The lowest BCUT2D eigenvalue weighted by molar-refractivity contribution is -0.134. The van der Waals surface area contributed by atoms with Crippen LogP contribution in [0, 0.1) is 19.8 Å². The van der Waals surface area contributed by atoms with E-state index in [4.69, 9.17) is 9.26 Å². The highest BCUT2D eigenvalue weighted by Crippen LogP contribution is 2.31. The molecule has 1 amide bonds. The van der Waals surface area contributed by atoms with Gasteiger partial charge in [-0.25, -0.2) is 13.2 Å². The minimum atomic E-state index is -4.01. The molecule has 0 saturated carbocycles. The van der Waals surface area contributed by atoms with Crippen molar-refractivity contribution in [3.05, 3.63) is 70.6 Å². The van der Waals surface area contributed by atoms with Gasteiger partial charge in [-0.3, -0.25) is 14.4 Å². The Morgan fingerprint density at radius 2 is 1.91 bits per heavy atom. The first-order chi connectivity index (χ1) is 20.3. The van der Waals surface area contributed by atoms with Crippen LogP contribution in [0.15, 0.2) is 51.9 Å². The fourth-order valence-corrected chi connectivity index (χ4v) is 6.59. The standard InChI is InChI=1S/C30H38N4O8S/c1-18-14-34(19(2)17-35)28(36)13-24-12-25(32-43(39,40)29-20(3)31-42-21(29)4)10-11-26(24)41-27(18)16-33(5)15-22-6-8-23(9-7-22)30(37)38/h6-12,18-19,27,32,35H,13-17H2,1-5H3,(H,37,38)/t18-,19+,27+/m1/s1. The van der Waals surface area contributed by atoms with E-state index in [1.807, 2.05) is 14.0 Å². The molecule has 43 heavy (non-hydrogen) atoms. The van der Waals surface area contributed by atoms with Crippen LogP contribution >= 0.6 is 0 Å². The Kier molecular flexibility index (Phi) is 9.78. The zero-order chi connectivity index (χ0) is 31.5. The molecular formula is C30H38N4O8S. The number of nitrogens with zero attached hydrogens (tertiary/aromatic N) is 3. The molecule has 2 heterocycles. The van der Waals surface area contributed by atoms with Gasteiger partial charge in [-0.15, -0.1) is 0 Å². The van der Waals surface area contributed by atoms with E-state index in [0.717, 1.165) is 5.56 Å². The number of amides is 1. The van der Waals surface area contributed by atoms with Crippen molar-refractivity contribution in [3.8, 4) is 5.75 Å². The Morgan fingerprint density at radius 3 is 2.51 bits per heavy atom. The molecule has 1 aliphatic heterocycles. The van der Waals surface area contributed by atoms with Gasteiger partial charge in [0, 0.05) is 36.8 Å². The first-order valence-corrected chi connectivity index (χ1v) is 15.4. The molecule has 3 N–H and O–H groups in total. The number of hydrogen-bond acceptors (Lipinski definition) is 9. The average molecular weight is 615 g/mol. The topological polar surface area (TPSA) is 163 Å². The highest BCUT2D eigenvalue weighted by atomic mass is 32.2. The number of aryl methyl sites for hydroxylation is 2. The molecule has 12 nitrogen and oxygen atoms in total. The molecule has 2 aromatic carbocycles. The number of likely N-dealkylation sites (N-methyl/N-ethyl adjacent to an activating group) is 1. The molecule has 0 unspecified atom stereocenters. The molecular weight excluding hydrogens is 576 g/mol. The second-order valence-electron chi connectivity index (χ2n) is 11.2. The molecule has 0 spiro atoms. The summed E-state index contributed by atoms with van der Waals surface area (Å²) in [6.45, 7) is 8.00. The van der Waals surface area contributed by atoms with Crippen LogP contribution in [-0.4, -0.2) is 84.4 Å². The molecule has 0 bridgehead atoms. The van der Waals surface area contributed by atoms with Crippen LogP contribution in [0.5, 0.6) is 5.75 Å². The van der Waals surface area contributed by atoms with Crippen molar-refractivity contribution < 1.29 is 37.5 Å². The minimum Gasteiger partial charge on any atom is -0.488 e. The van der Waals surface area contributed by atoms with Gasteiger partial charge in [0.05, 0.1) is 24.6 Å². The van der Waals surface area contributed by atoms with Crippen molar-refractivity contribution in [2.24, 2.45) is 5.92 Å². The molecule has 3 aromatic rings. The number of sulfonamides is 1. The van der Waals surface area contributed by atoms with E-state index in [2.05, 4.69) is 14.8 Å². The predicted octanol–water partition coefficient (Wildman–Crippen LogP) is 3.07. The Bertz CT molecular complexity index is 1550. The number of carbonyl (C=O) groups is 2. The normalized spacial score (nSPS) is 18.3. The van der Waals surface area contributed by atoms with E-state index in [0.29, 0.717) is 30.9 Å². The van der Waals surface area contributed by atoms with Gasteiger partial charge < -0.3 is 24.4 Å². The summed E-state index contributed by atoms with van der Waals surface area (Å²) in [5.41, 5.74) is 2.14. The molecule has 4 rings (SSSR count).